The Morgan fingerprint density at radius 3 is 2.45 bits per heavy atom. The summed E-state index contributed by atoms with van der Waals surface area (Å²) in [7, 11) is 0. The van der Waals surface area contributed by atoms with Gasteiger partial charge >= 0.3 is 0 Å². The average molecular weight is 407 g/mol. The normalized spacial score (nSPS) is 19.2. The van der Waals surface area contributed by atoms with Gasteiger partial charge in [0.15, 0.2) is 0 Å². The standard InChI is InChI=1S/C23H23ClN4O/c24-19-5-6-20(17(11-19)13-25)23(29)28-9-7-27(8-10-28)22-21(16-3-4-16)12-18(14-26-22)15-1-2-15/h5-6,11-12,14-16H,1-4,7-10H2. The van der Waals surface area contributed by atoms with E-state index in [9.17, 15) is 10.1 Å². The maximum absolute atomic E-state index is 12.9. The number of nitriles is 1. The third-order valence-electron chi connectivity index (χ3n) is 6.18. The van der Waals surface area contributed by atoms with Crippen LogP contribution in [0.15, 0.2) is 30.5 Å². The fraction of sp³-hybridized carbons (Fsp3) is 0.435. The smallest absolute Gasteiger partial charge is 0.255 e. The van der Waals surface area contributed by atoms with Crippen LogP contribution in [0, 0.1) is 11.3 Å². The first kappa shape index (κ1) is 18.4. The van der Waals surface area contributed by atoms with Gasteiger partial charge in [-0.25, -0.2) is 4.98 Å². The zero-order chi connectivity index (χ0) is 20.0. The van der Waals surface area contributed by atoms with Crippen molar-refractivity contribution in [2.24, 2.45) is 0 Å². The number of anilines is 1. The number of halogens is 1. The Morgan fingerprint density at radius 1 is 1.07 bits per heavy atom. The molecule has 0 atom stereocenters. The monoisotopic (exact) mass is 406 g/mol. The molecule has 0 radical (unpaired) electrons. The highest BCUT2D eigenvalue weighted by Crippen LogP contribution is 2.47. The second kappa shape index (κ2) is 7.35. The van der Waals surface area contributed by atoms with E-state index in [1.54, 1.807) is 18.2 Å². The van der Waals surface area contributed by atoms with Crippen LogP contribution in [0.3, 0.4) is 0 Å². The minimum atomic E-state index is -0.0997. The van der Waals surface area contributed by atoms with Gasteiger partial charge in [0.2, 0.25) is 0 Å². The number of aromatic nitrogens is 1. The summed E-state index contributed by atoms with van der Waals surface area (Å²) in [6, 6.07) is 9.35. The highest BCUT2D eigenvalue weighted by atomic mass is 35.5. The molecule has 6 heteroatoms. The van der Waals surface area contributed by atoms with Gasteiger partial charge in [0.1, 0.15) is 11.9 Å². The SMILES string of the molecule is N#Cc1cc(Cl)ccc1C(=O)N1CCN(c2ncc(C3CC3)cc2C2CC2)CC1. The van der Waals surface area contributed by atoms with Crippen molar-refractivity contribution < 1.29 is 4.79 Å². The van der Waals surface area contributed by atoms with Gasteiger partial charge in [-0.05, 0) is 66.8 Å². The number of benzene rings is 1. The topological polar surface area (TPSA) is 60.2 Å². The summed E-state index contributed by atoms with van der Waals surface area (Å²) >= 11 is 5.96. The predicted octanol–water partition coefficient (Wildman–Crippen LogP) is 4.32. The maximum atomic E-state index is 12.9. The van der Waals surface area contributed by atoms with Crippen molar-refractivity contribution in [2.75, 3.05) is 31.1 Å². The molecule has 5 rings (SSSR count). The van der Waals surface area contributed by atoms with Crippen LogP contribution in [0.4, 0.5) is 5.82 Å². The first-order valence-corrected chi connectivity index (χ1v) is 10.8. The van der Waals surface area contributed by atoms with E-state index in [0.29, 0.717) is 35.2 Å². The van der Waals surface area contributed by atoms with Crippen LogP contribution >= 0.6 is 11.6 Å². The Hall–Kier alpha value is -2.58. The van der Waals surface area contributed by atoms with Crippen molar-refractivity contribution in [1.82, 2.24) is 9.88 Å². The molecule has 29 heavy (non-hydrogen) atoms. The van der Waals surface area contributed by atoms with Crippen molar-refractivity contribution in [2.45, 2.75) is 37.5 Å². The largest absolute Gasteiger partial charge is 0.353 e. The number of rotatable bonds is 4. The number of nitrogens with zero attached hydrogens (tertiary/aromatic N) is 4. The van der Waals surface area contributed by atoms with Crippen molar-refractivity contribution >= 4 is 23.3 Å². The lowest BCUT2D eigenvalue weighted by Crippen LogP contribution is -2.49. The van der Waals surface area contributed by atoms with E-state index >= 15 is 0 Å². The zero-order valence-corrected chi connectivity index (χ0v) is 17.0. The van der Waals surface area contributed by atoms with Crippen LogP contribution in [-0.2, 0) is 0 Å². The van der Waals surface area contributed by atoms with Crippen molar-refractivity contribution in [3.05, 3.63) is 57.7 Å². The van der Waals surface area contributed by atoms with Crippen LogP contribution in [0.5, 0.6) is 0 Å². The van der Waals surface area contributed by atoms with Crippen LogP contribution in [-0.4, -0.2) is 42.0 Å². The van der Waals surface area contributed by atoms with Crippen LogP contribution in [0.2, 0.25) is 5.02 Å². The lowest BCUT2D eigenvalue weighted by atomic mass is 10.1. The second-order valence-corrected chi connectivity index (χ2v) is 8.75. The molecule has 1 amide bonds. The van der Waals surface area contributed by atoms with Crippen molar-refractivity contribution in [1.29, 1.82) is 5.26 Å². The van der Waals surface area contributed by atoms with Crippen LogP contribution < -0.4 is 4.90 Å². The number of hydrogen-bond donors (Lipinski definition) is 0. The molecule has 0 N–H and O–H groups in total. The van der Waals surface area contributed by atoms with Gasteiger partial charge in [-0.3, -0.25) is 4.79 Å². The molecule has 0 spiro atoms. The summed E-state index contributed by atoms with van der Waals surface area (Å²) in [5.41, 5.74) is 3.56. The Kier molecular flexibility index (Phi) is 4.67. The first-order chi connectivity index (χ1) is 14.1. The van der Waals surface area contributed by atoms with E-state index in [2.05, 4.69) is 23.2 Å². The quantitative estimate of drug-likeness (QED) is 0.758. The lowest BCUT2D eigenvalue weighted by Gasteiger charge is -2.36. The molecule has 5 nitrogen and oxygen atoms in total. The molecule has 1 saturated heterocycles. The number of carbonyl (C=O) groups excluding carboxylic acids is 1. The molecule has 0 unspecified atom stereocenters. The number of hydrogen-bond acceptors (Lipinski definition) is 4. The third kappa shape index (κ3) is 3.70. The molecule has 2 aromatic rings. The summed E-state index contributed by atoms with van der Waals surface area (Å²) in [4.78, 5) is 21.9. The Balaban J connectivity index is 1.31. The van der Waals surface area contributed by atoms with E-state index in [4.69, 9.17) is 16.6 Å². The molecule has 2 saturated carbocycles. The van der Waals surface area contributed by atoms with E-state index in [-0.39, 0.29) is 5.91 Å². The highest BCUT2D eigenvalue weighted by Gasteiger charge is 2.33. The highest BCUT2D eigenvalue weighted by molar-refractivity contribution is 6.30. The molecule has 2 aliphatic carbocycles. The van der Waals surface area contributed by atoms with Crippen LogP contribution in [0.25, 0.3) is 0 Å². The van der Waals surface area contributed by atoms with Gasteiger partial charge in [-0.15, -0.1) is 0 Å². The van der Waals surface area contributed by atoms with Crippen molar-refractivity contribution in [3.63, 3.8) is 0 Å². The van der Waals surface area contributed by atoms with Crippen molar-refractivity contribution in [3.8, 4) is 6.07 Å². The van der Waals surface area contributed by atoms with E-state index in [1.807, 2.05) is 4.90 Å². The summed E-state index contributed by atoms with van der Waals surface area (Å²) < 4.78 is 0. The number of carbonyl (C=O) groups is 1. The summed E-state index contributed by atoms with van der Waals surface area (Å²) in [6.45, 7) is 2.78. The third-order valence-corrected chi connectivity index (χ3v) is 6.42. The first-order valence-electron chi connectivity index (χ1n) is 10.4. The van der Waals surface area contributed by atoms with Gasteiger partial charge in [0, 0.05) is 37.4 Å². The second-order valence-electron chi connectivity index (χ2n) is 8.31. The molecule has 1 aromatic carbocycles. The van der Waals surface area contributed by atoms with Gasteiger partial charge in [-0.2, -0.15) is 5.26 Å². The molecule has 3 fully saturated rings. The van der Waals surface area contributed by atoms with E-state index in [0.717, 1.165) is 24.8 Å². The van der Waals surface area contributed by atoms with Gasteiger partial charge in [0.05, 0.1) is 11.1 Å². The Bertz CT molecular complexity index is 998. The van der Waals surface area contributed by atoms with Gasteiger partial charge < -0.3 is 9.80 Å². The summed E-state index contributed by atoms with van der Waals surface area (Å²) in [5.74, 6) is 2.38. The molecular formula is C23H23ClN4O. The zero-order valence-electron chi connectivity index (χ0n) is 16.3. The van der Waals surface area contributed by atoms with E-state index in [1.165, 1.54) is 36.8 Å². The average Bonchev–Trinajstić information content (AvgIpc) is 3.66. The molecule has 0 bridgehead atoms. The lowest BCUT2D eigenvalue weighted by molar-refractivity contribution is 0.0746. The number of piperazine rings is 1. The fourth-order valence-corrected chi connectivity index (χ4v) is 4.35. The number of pyridine rings is 1. The molecule has 1 aliphatic heterocycles. The molecule has 148 valence electrons. The minimum Gasteiger partial charge on any atom is -0.353 e. The fourth-order valence-electron chi connectivity index (χ4n) is 4.18. The van der Waals surface area contributed by atoms with Gasteiger partial charge in [0.25, 0.3) is 5.91 Å². The molecule has 2 heterocycles. The minimum absolute atomic E-state index is 0.0997. The molecule has 1 aromatic heterocycles. The van der Waals surface area contributed by atoms with Crippen LogP contribution in [0.1, 0.15) is 64.6 Å². The predicted molar refractivity (Wildman–Crippen MR) is 112 cm³/mol. The molecular weight excluding hydrogens is 384 g/mol. The molecule has 3 aliphatic rings. The maximum Gasteiger partial charge on any atom is 0.255 e. The summed E-state index contributed by atoms with van der Waals surface area (Å²) in [5, 5.41) is 9.81. The van der Waals surface area contributed by atoms with Gasteiger partial charge in [-0.1, -0.05) is 17.7 Å². The Morgan fingerprint density at radius 2 is 1.79 bits per heavy atom. The Labute approximate surface area is 175 Å². The summed E-state index contributed by atoms with van der Waals surface area (Å²) in [6.07, 6.45) is 7.16. The van der Waals surface area contributed by atoms with E-state index < -0.39 is 0 Å². The number of amides is 1.